The lowest BCUT2D eigenvalue weighted by Crippen LogP contribution is -2.11. The molecule has 0 bridgehead atoms. The third-order valence-corrected chi connectivity index (χ3v) is 5.53. The van der Waals surface area contributed by atoms with Crippen LogP contribution in [0, 0.1) is 0 Å². The van der Waals surface area contributed by atoms with Gasteiger partial charge in [0, 0.05) is 5.66 Å². The predicted octanol–water partition coefficient (Wildman–Crippen LogP) is 2.90. The Morgan fingerprint density at radius 3 is 2.17 bits per heavy atom. The Kier molecular flexibility index (Phi) is 5.59. The van der Waals surface area contributed by atoms with E-state index in [2.05, 4.69) is 0 Å². The van der Waals surface area contributed by atoms with Crippen LogP contribution in [0.3, 0.4) is 0 Å². The first-order chi connectivity index (χ1) is 5.44. The Morgan fingerprint density at radius 1 is 1.33 bits per heavy atom. The molecule has 1 N–H and O–H groups in total. The number of hydrogen-bond acceptors (Lipinski definition) is 2. The Labute approximate surface area is 80.5 Å². The summed E-state index contributed by atoms with van der Waals surface area (Å²) in [6, 6.07) is 0. The van der Waals surface area contributed by atoms with Crippen LogP contribution < -0.4 is 0 Å². The molecule has 0 aliphatic rings. The standard InChI is InChI=1S/C8H19O2PS/c1-5-7(3)10-11(9,12)8(4)6-2/h7-8H,5-6H2,1-4H3,(H,9,12). The maximum Gasteiger partial charge on any atom is 0.189 e. The van der Waals surface area contributed by atoms with Gasteiger partial charge < -0.3 is 9.42 Å². The smallest absolute Gasteiger partial charge is 0.189 e. The van der Waals surface area contributed by atoms with Crippen molar-refractivity contribution in [3.8, 4) is 0 Å². The van der Waals surface area contributed by atoms with Crippen LogP contribution in [0.5, 0.6) is 0 Å². The van der Waals surface area contributed by atoms with Gasteiger partial charge >= 0.3 is 0 Å². The SMILES string of the molecule is CCC(C)OP(O)(=S)C(C)CC. The van der Waals surface area contributed by atoms with Gasteiger partial charge in [-0.25, -0.2) is 0 Å². The van der Waals surface area contributed by atoms with Crippen LogP contribution in [-0.2, 0) is 16.3 Å². The summed E-state index contributed by atoms with van der Waals surface area (Å²) in [4.78, 5) is 9.79. The zero-order chi connectivity index (χ0) is 9.78. The van der Waals surface area contributed by atoms with E-state index in [9.17, 15) is 4.89 Å². The maximum absolute atomic E-state index is 9.79. The molecular weight excluding hydrogens is 191 g/mol. The van der Waals surface area contributed by atoms with Crippen LogP contribution in [0.15, 0.2) is 0 Å². The predicted molar refractivity (Wildman–Crippen MR) is 57.1 cm³/mol. The van der Waals surface area contributed by atoms with E-state index in [4.69, 9.17) is 16.3 Å². The molecule has 0 aromatic heterocycles. The fraction of sp³-hybridized carbons (Fsp3) is 1.00. The van der Waals surface area contributed by atoms with Crippen molar-refractivity contribution in [3.63, 3.8) is 0 Å². The van der Waals surface area contributed by atoms with Crippen molar-refractivity contribution in [2.24, 2.45) is 0 Å². The van der Waals surface area contributed by atoms with Gasteiger partial charge in [0.2, 0.25) is 0 Å². The van der Waals surface area contributed by atoms with Gasteiger partial charge in [-0.1, -0.05) is 20.8 Å². The second-order valence-corrected chi connectivity index (χ2v) is 6.94. The molecule has 74 valence electrons. The van der Waals surface area contributed by atoms with Crippen LogP contribution in [0.4, 0.5) is 0 Å². The Hall–Kier alpha value is 0.570. The third-order valence-electron chi connectivity index (χ3n) is 2.05. The molecule has 0 amide bonds. The van der Waals surface area contributed by atoms with Crippen LogP contribution >= 0.6 is 6.49 Å². The fourth-order valence-corrected chi connectivity index (χ4v) is 2.89. The van der Waals surface area contributed by atoms with Crippen molar-refractivity contribution in [3.05, 3.63) is 0 Å². The first-order valence-corrected chi connectivity index (χ1v) is 7.19. The lowest BCUT2D eigenvalue weighted by Gasteiger charge is -2.24. The molecule has 0 aliphatic carbocycles. The van der Waals surface area contributed by atoms with Gasteiger partial charge in [-0.2, -0.15) is 0 Å². The average Bonchev–Trinajstić information content (AvgIpc) is 2.02. The lowest BCUT2D eigenvalue weighted by atomic mass is 10.3. The van der Waals surface area contributed by atoms with Gasteiger partial charge in [-0.3, -0.25) is 0 Å². The highest BCUT2D eigenvalue weighted by atomic mass is 32.5. The minimum absolute atomic E-state index is 0.0785. The molecule has 3 unspecified atom stereocenters. The molecule has 2 nitrogen and oxygen atoms in total. The van der Waals surface area contributed by atoms with E-state index >= 15 is 0 Å². The first kappa shape index (κ1) is 12.6. The van der Waals surface area contributed by atoms with Gasteiger partial charge in [0.25, 0.3) is 0 Å². The summed E-state index contributed by atoms with van der Waals surface area (Å²) in [5, 5.41) is 0. The summed E-state index contributed by atoms with van der Waals surface area (Å²) in [7, 11) is 0. The fourth-order valence-electron chi connectivity index (χ4n) is 0.667. The minimum atomic E-state index is -2.52. The molecule has 0 spiro atoms. The van der Waals surface area contributed by atoms with Crippen molar-refractivity contribution in [2.75, 3.05) is 0 Å². The zero-order valence-electron chi connectivity index (χ0n) is 8.28. The molecule has 3 atom stereocenters. The molecular formula is C8H19O2PS. The Balaban J connectivity index is 4.12. The van der Waals surface area contributed by atoms with Crippen LogP contribution in [-0.4, -0.2) is 16.7 Å². The topological polar surface area (TPSA) is 29.5 Å². The van der Waals surface area contributed by atoms with Crippen molar-refractivity contribution < 1.29 is 9.42 Å². The summed E-state index contributed by atoms with van der Waals surface area (Å²) in [5.41, 5.74) is 0.112. The van der Waals surface area contributed by atoms with Gasteiger partial charge in [-0.05, 0) is 31.6 Å². The molecule has 4 heteroatoms. The van der Waals surface area contributed by atoms with Crippen molar-refractivity contribution >= 4 is 18.3 Å². The Morgan fingerprint density at radius 2 is 1.83 bits per heavy atom. The highest BCUT2D eigenvalue weighted by molar-refractivity contribution is 8.09. The molecule has 0 aliphatic heterocycles. The van der Waals surface area contributed by atoms with Crippen LogP contribution in [0.2, 0.25) is 0 Å². The normalized spacial score (nSPS) is 21.4. The number of hydrogen-bond donors (Lipinski definition) is 1. The van der Waals surface area contributed by atoms with E-state index < -0.39 is 6.49 Å². The molecule has 0 aromatic rings. The lowest BCUT2D eigenvalue weighted by molar-refractivity contribution is 0.211. The Bertz CT molecular complexity index is 172. The van der Waals surface area contributed by atoms with Crippen molar-refractivity contribution in [1.82, 2.24) is 0 Å². The first-order valence-electron chi connectivity index (χ1n) is 4.44. The van der Waals surface area contributed by atoms with E-state index in [-0.39, 0.29) is 11.8 Å². The summed E-state index contributed by atoms with van der Waals surface area (Å²) in [5.74, 6) is 0. The molecule has 0 rings (SSSR count). The molecule has 0 heterocycles. The molecule has 0 aromatic carbocycles. The van der Waals surface area contributed by atoms with E-state index in [0.29, 0.717) is 0 Å². The molecule has 0 radical (unpaired) electrons. The summed E-state index contributed by atoms with van der Waals surface area (Å²) >= 11 is 5.05. The quantitative estimate of drug-likeness (QED) is 0.707. The maximum atomic E-state index is 9.79. The average molecular weight is 210 g/mol. The summed E-state index contributed by atoms with van der Waals surface area (Å²) < 4.78 is 5.42. The molecule has 0 fully saturated rings. The van der Waals surface area contributed by atoms with Crippen LogP contribution in [0.1, 0.15) is 40.5 Å². The second-order valence-electron chi connectivity index (χ2n) is 3.15. The molecule has 12 heavy (non-hydrogen) atoms. The summed E-state index contributed by atoms with van der Waals surface area (Å²) in [6.45, 7) is 5.41. The number of rotatable bonds is 5. The highest BCUT2D eigenvalue weighted by Crippen LogP contribution is 2.50. The summed E-state index contributed by atoms with van der Waals surface area (Å²) in [6.07, 6.45) is 1.86. The van der Waals surface area contributed by atoms with Crippen LogP contribution in [0.25, 0.3) is 0 Å². The van der Waals surface area contributed by atoms with E-state index in [1.165, 1.54) is 0 Å². The molecule has 0 saturated carbocycles. The molecule has 0 saturated heterocycles. The largest absolute Gasteiger partial charge is 0.345 e. The zero-order valence-corrected chi connectivity index (χ0v) is 9.99. The van der Waals surface area contributed by atoms with Gasteiger partial charge in [0.05, 0.1) is 6.10 Å². The van der Waals surface area contributed by atoms with Gasteiger partial charge in [-0.15, -0.1) is 0 Å². The third kappa shape index (κ3) is 3.99. The van der Waals surface area contributed by atoms with E-state index in [1.807, 2.05) is 27.7 Å². The van der Waals surface area contributed by atoms with Crippen molar-refractivity contribution in [1.29, 1.82) is 0 Å². The monoisotopic (exact) mass is 210 g/mol. The van der Waals surface area contributed by atoms with E-state index in [0.717, 1.165) is 12.8 Å². The van der Waals surface area contributed by atoms with E-state index in [1.54, 1.807) is 0 Å². The second kappa shape index (κ2) is 5.33. The van der Waals surface area contributed by atoms with Gasteiger partial charge in [0.15, 0.2) is 6.49 Å². The minimum Gasteiger partial charge on any atom is -0.345 e. The van der Waals surface area contributed by atoms with Crippen molar-refractivity contribution in [2.45, 2.75) is 52.3 Å². The van der Waals surface area contributed by atoms with Gasteiger partial charge in [0.1, 0.15) is 0 Å². The highest BCUT2D eigenvalue weighted by Gasteiger charge is 2.23.